The molecule has 0 aromatic heterocycles. The van der Waals surface area contributed by atoms with Crippen LogP contribution in [0.3, 0.4) is 0 Å². The third-order valence-electron chi connectivity index (χ3n) is 4.27. The van der Waals surface area contributed by atoms with Gasteiger partial charge in [0.25, 0.3) is 0 Å². The van der Waals surface area contributed by atoms with Gasteiger partial charge in [-0.2, -0.15) is 0 Å². The minimum atomic E-state index is 0.393. The summed E-state index contributed by atoms with van der Waals surface area (Å²) in [5.41, 5.74) is 2.72. The molecule has 0 heterocycles. The van der Waals surface area contributed by atoms with E-state index in [4.69, 9.17) is 0 Å². The number of rotatable bonds is 3. The molecule has 0 bridgehead atoms. The lowest BCUT2D eigenvalue weighted by molar-refractivity contribution is 0.148. The largest absolute Gasteiger partial charge is 0.508 e. The predicted molar refractivity (Wildman–Crippen MR) is 71.2 cm³/mol. The molecule has 2 nitrogen and oxygen atoms in total. The molecular formula is C15H23NO. The van der Waals surface area contributed by atoms with Crippen molar-refractivity contribution in [1.82, 2.24) is 4.90 Å². The van der Waals surface area contributed by atoms with Crippen molar-refractivity contribution in [2.45, 2.75) is 45.7 Å². The number of phenolic OH excluding ortho intramolecular Hbond substituents is 1. The predicted octanol–water partition coefficient (Wildman–Crippen LogP) is 3.36. The van der Waals surface area contributed by atoms with Gasteiger partial charge in [-0.05, 0) is 56.0 Å². The summed E-state index contributed by atoms with van der Waals surface area (Å²) in [6, 6.07) is 6.92. The van der Waals surface area contributed by atoms with Crippen LogP contribution in [0.4, 0.5) is 0 Å². The molecule has 0 fully saturated rings. The third kappa shape index (κ3) is 2.32. The van der Waals surface area contributed by atoms with E-state index in [1.165, 1.54) is 17.5 Å². The van der Waals surface area contributed by atoms with Gasteiger partial charge in [-0.1, -0.05) is 19.9 Å². The molecule has 2 heteroatoms. The lowest BCUT2D eigenvalue weighted by Gasteiger charge is -2.33. The van der Waals surface area contributed by atoms with Gasteiger partial charge in [-0.25, -0.2) is 0 Å². The van der Waals surface area contributed by atoms with Crippen LogP contribution in [0.5, 0.6) is 5.75 Å². The van der Waals surface area contributed by atoms with E-state index < -0.39 is 0 Å². The summed E-state index contributed by atoms with van der Waals surface area (Å²) in [6.45, 7) is 6.84. The first kappa shape index (κ1) is 12.4. The van der Waals surface area contributed by atoms with Gasteiger partial charge >= 0.3 is 0 Å². The van der Waals surface area contributed by atoms with E-state index in [-0.39, 0.29) is 0 Å². The van der Waals surface area contributed by atoms with Crippen molar-refractivity contribution in [1.29, 1.82) is 0 Å². The van der Waals surface area contributed by atoms with E-state index in [1.54, 1.807) is 0 Å². The smallest absolute Gasteiger partial charge is 0.115 e. The number of hydrogen-bond donors (Lipinski definition) is 1. The van der Waals surface area contributed by atoms with Crippen molar-refractivity contribution >= 4 is 0 Å². The number of aromatic hydroxyl groups is 1. The summed E-state index contributed by atoms with van der Waals surface area (Å²) in [6.07, 6.45) is 2.26. The van der Waals surface area contributed by atoms with Crippen molar-refractivity contribution in [3.63, 3.8) is 0 Å². The second-order valence-electron chi connectivity index (χ2n) is 5.59. The van der Waals surface area contributed by atoms with E-state index in [1.807, 2.05) is 12.1 Å². The highest BCUT2D eigenvalue weighted by atomic mass is 16.3. The maximum absolute atomic E-state index is 9.51. The number of benzene rings is 1. The van der Waals surface area contributed by atoms with Crippen LogP contribution in [-0.4, -0.2) is 23.1 Å². The van der Waals surface area contributed by atoms with Crippen molar-refractivity contribution < 1.29 is 5.11 Å². The van der Waals surface area contributed by atoms with E-state index in [0.29, 0.717) is 23.8 Å². The first-order valence-corrected chi connectivity index (χ1v) is 6.54. The summed E-state index contributed by atoms with van der Waals surface area (Å²) in [5, 5.41) is 9.51. The molecule has 2 unspecified atom stereocenters. The van der Waals surface area contributed by atoms with Crippen molar-refractivity contribution in [2.24, 2.45) is 5.92 Å². The molecule has 1 N–H and O–H groups in total. The van der Waals surface area contributed by atoms with Crippen LogP contribution in [0.15, 0.2) is 18.2 Å². The van der Waals surface area contributed by atoms with Gasteiger partial charge in [-0.15, -0.1) is 0 Å². The number of phenols is 1. The van der Waals surface area contributed by atoms with Gasteiger partial charge in [0.1, 0.15) is 5.75 Å². The van der Waals surface area contributed by atoms with Crippen LogP contribution >= 0.6 is 0 Å². The second kappa shape index (κ2) is 4.69. The zero-order chi connectivity index (χ0) is 12.6. The Morgan fingerprint density at radius 2 is 2.00 bits per heavy atom. The molecule has 1 aromatic carbocycles. The molecule has 0 saturated heterocycles. The molecule has 1 aromatic rings. The fraction of sp³-hybridized carbons (Fsp3) is 0.600. The molecule has 0 aliphatic heterocycles. The Kier molecular flexibility index (Phi) is 3.43. The zero-order valence-electron chi connectivity index (χ0n) is 11.3. The Bertz CT molecular complexity index is 400. The molecule has 0 radical (unpaired) electrons. The Morgan fingerprint density at radius 1 is 1.29 bits per heavy atom. The fourth-order valence-electron chi connectivity index (χ4n) is 2.76. The minimum absolute atomic E-state index is 0.393. The zero-order valence-corrected chi connectivity index (χ0v) is 11.3. The highest BCUT2D eigenvalue weighted by Gasteiger charge is 2.29. The lowest BCUT2D eigenvalue weighted by Crippen LogP contribution is -2.35. The molecule has 2 rings (SSSR count). The number of hydrogen-bond acceptors (Lipinski definition) is 2. The quantitative estimate of drug-likeness (QED) is 0.865. The van der Waals surface area contributed by atoms with Gasteiger partial charge in [-0.3, -0.25) is 4.90 Å². The maximum Gasteiger partial charge on any atom is 0.115 e. The number of nitrogens with zero attached hydrogens (tertiary/aromatic N) is 1. The highest BCUT2D eigenvalue weighted by molar-refractivity contribution is 5.40. The topological polar surface area (TPSA) is 23.5 Å². The minimum Gasteiger partial charge on any atom is -0.508 e. The molecule has 1 aliphatic carbocycles. The van der Waals surface area contributed by atoms with Crippen molar-refractivity contribution in [3.05, 3.63) is 29.3 Å². The summed E-state index contributed by atoms with van der Waals surface area (Å²) in [5.74, 6) is 1.06. The van der Waals surface area contributed by atoms with E-state index >= 15 is 0 Å². The molecule has 0 saturated carbocycles. The molecule has 2 atom stereocenters. The van der Waals surface area contributed by atoms with Gasteiger partial charge in [0, 0.05) is 12.1 Å². The normalized spacial score (nSPS) is 20.9. The van der Waals surface area contributed by atoms with Crippen LogP contribution < -0.4 is 0 Å². The van der Waals surface area contributed by atoms with Crippen LogP contribution in [0, 0.1) is 5.92 Å². The summed E-state index contributed by atoms with van der Waals surface area (Å²) in [7, 11) is 2.22. The maximum atomic E-state index is 9.51. The lowest BCUT2D eigenvalue weighted by atomic mass is 10.0. The highest BCUT2D eigenvalue weighted by Crippen LogP contribution is 2.38. The molecular weight excluding hydrogens is 210 g/mol. The van der Waals surface area contributed by atoms with Gasteiger partial charge < -0.3 is 5.11 Å². The number of fused-ring (bicyclic) bond motifs is 1. The SMILES string of the molecule is CC(C)C(C)N(C)C1CCc2cc(O)ccc21. The van der Waals surface area contributed by atoms with Gasteiger partial charge in [0.2, 0.25) is 0 Å². The van der Waals surface area contributed by atoms with Crippen LogP contribution in [-0.2, 0) is 6.42 Å². The molecule has 0 amide bonds. The standard InChI is InChI=1S/C15H23NO/c1-10(2)11(3)16(4)15-8-5-12-9-13(17)6-7-14(12)15/h6-7,9-11,15,17H,5,8H2,1-4H3. The number of aryl methyl sites for hydroxylation is 1. The van der Waals surface area contributed by atoms with Crippen LogP contribution in [0.2, 0.25) is 0 Å². The molecule has 1 aliphatic rings. The first-order valence-electron chi connectivity index (χ1n) is 6.54. The first-order chi connectivity index (χ1) is 8.00. The molecule has 94 valence electrons. The third-order valence-corrected chi connectivity index (χ3v) is 4.27. The van der Waals surface area contributed by atoms with Gasteiger partial charge in [0.05, 0.1) is 0 Å². The average Bonchev–Trinajstić information content (AvgIpc) is 2.69. The average molecular weight is 233 g/mol. The Labute approximate surface area is 104 Å². The fourth-order valence-corrected chi connectivity index (χ4v) is 2.76. The monoisotopic (exact) mass is 233 g/mol. The Balaban J connectivity index is 2.22. The van der Waals surface area contributed by atoms with Crippen molar-refractivity contribution in [3.8, 4) is 5.75 Å². The second-order valence-corrected chi connectivity index (χ2v) is 5.59. The van der Waals surface area contributed by atoms with Gasteiger partial charge in [0.15, 0.2) is 0 Å². The molecule has 0 spiro atoms. The summed E-state index contributed by atoms with van der Waals surface area (Å²) < 4.78 is 0. The summed E-state index contributed by atoms with van der Waals surface area (Å²) >= 11 is 0. The van der Waals surface area contributed by atoms with E-state index in [9.17, 15) is 5.11 Å². The Hall–Kier alpha value is -1.02. The van der Waals surface area contributed by atoms with E-state index in [0.717, 1.165) is 6.42 Å². The Morgan fingerprint density at radius 3 is 2.65 bits per heavy atom. The van der Waals surface area contributed by atoms with Crippen LogP contribution in [0.1, 0.15) is 44.4 Å². The van der Waals surface area contributed by atoms with Crippen LogP contribution in [0.25, 0.3) is 0 Å². The van der Waals surface area contributed by atoms with Crippen molar-refractivity contribution in [2.75, 3.05) is 7.05 Å². The van der Waals surface area contributed by atoms with E-state index in [2.05, 4.69) is 38.8 Å². The summed E-state index contributed by atoms with van der Waals surface area (Å²) in [4.78, 5) is 2.48. The molecule has 17 heavy (non-hydrogen) atoms.